The number of methoxy groups -OCH3 is 3. The Morgan fingerprint density at radius 2 is 1.67 bits per heavy atom. The number of para-hydroxylation sites is 1. The molecule has 162 valence electrons. The van der Waals surface area contributed by atoms with Crippen molar-refractivity contribution < 1.29 is 23.9 Å². The molecule has 0 amide bonds. The highest BCUT2D eigenvalue weighted by Gasteiger charge is 2.30. The molecule has 1 aromatic carbocycles. The Labute approximate surface area is 174 Å². The van der Waals surface area contributed by atoms with E-state index in [9.17, 15) is 14.9 Å². The fourth-order valence-electron chi connectivity index (χ4n) is 2.89. The molecule has 0 atom stereocenters. The molecule has 0 radical (unpaired) electrons. The fourth-order valence-corrected chi connectivity index (χ4v) is 2.89. The van der Waals surface area contributed by atoms with Gasteiger partial charge in [0.2, 0.25) is 11.6 Å². The van der Waals surface area contributed by atoms with Crippen LogP contribution in [-0.4, -0.2) is 75.5 Å². The Morgan fingerprint density at radius 3 is 2.23 bits per heavy atom. The van der Waals surface area contributed by atoms with Crippen LogP contribution >= 0.6 is 0 Å². The molecule has 30 heavy (non-hydrogen) atoms. The van der Waals surface area contributed by atoms with Gasteiger partial charge >= 0.3 is 11.7 Å². The smallest absolute Gasteiger partial charge is 0.353 e. The van der Waals surface area contributed by atoms with E-state index in [0.717, 1.165) is 0 Å². The summed E-state index contributed by atoms with van der Waals surface area (Å²) in [4.78, 5) is 35.1. The van der Waals surface area contributed by atoms with Gasteiger partial charge in [0, 0.05) is 34.4 Å². The number of nitrogens with zero attached hydrogens (tertiary/aromatic N) is 5. The maximum atomic E-state index is 12.1. The maximum absolute atomic E-state index is 12.1. The number of nitro groups is 1. The first-order chi connectivity index (χ1) is 14.5. The lowest BCUT2D eigenvalue weighted by Crippen LogP contribution is -2.32. The summed E-state index contributed by atoms with van der Waals surface area (Å²) in [5.41, 5.74) is 0.386. The third kappa shape index (κ3) is 5.19. The molecular formula is C19H25N5O6. The number of rotatable bonds is 11. The van der Waals surface area contributed by atoms with Gasteiger partial charge in [-0.3, -0.25) is 10.1 Å². The Bertz CT molecular complexity index is 870. The van der Waals surface area contributed by atoms with E-state index in [1.165, 1.54) is 18.3 Å². The molecule has 1 aromatic heterocycles. The highest BCUT2D eigenvalue weighted by molar-refractivity contribution is 5.97. The number of ether oxygens (including phenoxy) is 3. The molecule has 2 rings (SSSR count). The summed E-state index contributed by atoms with van der Waals surface area (Å²) in [5, 5.41) is 12.0. The van der Waals surface area contributed by atoms with E-state index in [0.29, 0.717) is 32.0 Å². The molecule has 0 aliphatic heterocycles. The van der Waals surface area contributed by atoms with E-state index in [4.69, 9.17) is 14.2 Å². The maximum Gasteiger partial charge on any atom is 0.353 e. The van der Waals surface area contributed by atoms with Crippen molar-refractivity contribution in [2.45, 2.75) is 0 Å². The molecule has 11 heteroatoms. The molecule has 0 saturated heterocycles. The van der Waals surface area contributed by atoms with Crippen LogP contribution in [0.2, 0.25) is 0 Å². The van der Waals surface area contributed by atoms with E-state index >= 15 is 0 Å². The zero-order valence-corrected chi connectivity index (χ0v) is 17.4. The van der Waals surface area contributed by atoms with Crippen molar-refractivity contribution in [1.82, 2.24) is 9.97 Å². The van der Waals surface area contributed by atoms with Crippen molar-refractivity contribution in [3.63, 3.8) is 0 Å². The number of hydrogen-bond acceptors (Lipinski definition) is 10. The van der Waals surface area contributed by atoms with Crippen LogP contribution in [0.3, 0.4) is 0 Å². The van der Waals surface area contributed by atoms with Gasteiger partial charge in [-0.15, -0.1) is 0 Å². The molecule has 0 spiro atoms. The summed E-state index contributed by atoms with van der Waals surface area (Å²) in [6, 6.07) is 6.64. The molecule has 0 aliphatic rings. The third-order valence-electron chi connectivity index (χ3n) is 4.38. The number of carbonyl (C=O) groups is 1. The van der Waals surface area contributed by atoms with Crippen molar-refractivity contribution in [2.75, 3.05) is 64.5 Å². The van der Waals surface area contributed by atoms with Crippen LogP contribution in [-0.2, 0) is 14.2 Å². The highest BCUT2D eigenvalue weighted by atomic mass is 16.6. The Balaban J connectivity index is 2.58. The lowest BCUT2D eigenvalue weighted by atomic mass is 10.1. The van der Waals surface area contributed by atoms with Gasteiger partial charge in [0.05, 0.1) is 36.5 Å². The molecule has 0 N–H and O–H groups in total. The molecular weight excluding hydrogens is 394 g/mol. The van der Waals surface area contributed by atoms with E-state index < -0.39 is 10.9 Å². The van der Waals surface area contributed by atoms with Crippen LogP contribution in [0.15, 0.2) is 30.6 Å². The first-order valence-electron chi connectivity index (χ1n) is 9.09. The van der Waals surface area contributed by atoms with Gasteiger partial charge in [0.1, 0.15) is 6.33 Å². The van der Waals surface area contributed by atoms with Crippen molar-refractivity contribution in [1.29, 1.82) is 0 Å². The van der Waals surface area contributed by atoms with Crippen molar-refractivity contribution in [2.24, 2.45) is 0 Å². The van der Waals surface area contributed by atoms with Gasteiger partial charge in [-0.25, -0.2) is 14.8 Å². The number of esters is 1. The molecule has 2 aromatic rings. The minimum atomic E-state index is -0.559. The summed E-state index contributed by atoms with van der Waals surface area (Å²) < 4.78 is 15.1. The van der Waals surface area contributed by atoms with Gasteiger partial charge in [0.15, 0.2) is 0 Å². The second-order valence-electron chi connectivity index (χ2n) is 6.17. The lowest BCUT2D eigenvalue weighted by molar-refractivity contribution is -0.383. The van der Waals surface area contributed by atoms with E-state index in [1.807, 2.05) is 0 Å². The van der Waals surface area contributed by atoms with Gasteiger partial charge in [0.25, 0.3) is 0 Å². The first-order valence-corrected chi connectivity index (χ1v) is 9.09. The fraction of sp³-hybridized carbons (Fsp3) is 0.421. The number of carbonyl (C=O) groups excluding carboxylic acids is 1. The topological polar surface area (TPSA) is 120 Å². The number of benzene rings is 1. The van der Waals surface area contributed by atoms with Gasteiger partial charge in [-0.05, 0) is 12.1 Å². The van der Waals surface area contributed by atoms with Gasteiger partial charge in [-0.2, -0.15) is 0 Å². The zero-order valence-electron chi connectivity index (χ0n) is 17.4. The van der Waals surface area contributed by atoms with E-state index in [2.05, 4.69) is 9.97 Å². The largest absolute Gasteiger partial charge is 0.465 e. The number of hydrogen-bond donors (Lipinski definition) is 0. The normalized spacial score (nSPS) is 10.5. The summed E-state index contributed by atoms with van der Waals surface area (Å²) in [7, 11) is 5.96. The summed E-state index contributed by atoms with van der Waals surface area (Å²) in [6.45, 7) is 1.45. The SMILES string of the molecule is COCCN(CCOC)c1ncnc(N(C)c2ccccc2C(=O)OC)c1[N+](=O)[O-]. The minimum absolute atomic E-state index is 0.0428. The quantitative estimate of drug-likeness (QED) is 0.304. The predicted octanol–water partition coefficient (Wildman–Crippen LogP) is 2.04. The second-order valence-corrected chi connectivity index (χ2v) is 6.17. The lowest BCUT2D eigenvalue weighted by Gasteiger charge is -2.25. The average Bonchev–Trinajstić information content (AvgIpc) is 2.77. The highest BCUT2D eigenvalue weighted by Crippen LogP contribution is 2.37. The van der Waals surface area contributed by atoms with Crippen molar-refractivity contribution in [3.05, 3.63) is 46.3 Å². The standard InChI is InChI=1S/C19H25N5O6/c1-22(15-8-6-5-7-14(15)19(25)30-4)17-16(24(26)27)18(21-13-20-17)23(9-11-28-2)10-12-29-3/h5-8,13H,9-12H2,1-4H3. The summed E-state index contributed by atoms with van der Waals surface area (Å²) in [5.74, 6) is -0.376. The molecule has 0 bridgehead atoms. The van der Waals surface area contributed by atoms with Crippen LogP contribution in [0, 0.1) is 10.1 Å². The zero-order chi connectivity index (χ0) is 22.1. The summed E-state index contributed by atoms with van der Waals surface area (Å²) >= 11 is 0. The van der Waals surface area contributed by atoms with E-state index in [-0.39, 0.29) is 22.9 Å². The molecule has 0 fully saturated rings. The second kappa shape index (κ2) is 11.0. The molecule has 1 heterocycles. The molecule has 0 unspecified atom stereocenters. The number of aromatic nitrogens is 2. The molecule has 0 saturated carbocycles. The Morgan fingerprint density at radius 1 is 1.07 bits per heavy atom. The monoisotopic (exact) mass is 419 g/mol. The number of anilines is 3. The summed E-state index contributed by atoms with van der Waals surface area (Å²) in [6.07, 6.45) is 1.25. The third-order valence-corrected chi connectivity index (χ3v) is 4.38. The van der Waals surface area contributed by atoms with Crippen LogP contribution in [0.1, 0.15) is 10.4 Å². The Kier molecular flexibility index (Phi) is 8.44. The van der Waals surface area contributed by atoms with Crippen LogP contribution in [0.25, 0.3) is 0 Å². The average molecular weight is 419 g/mol. The van der Waals surface area contributed by atoms with Crippen molar-refractivity contribution in [3.8, 4) is 0 Å². The van der Waals surface area contributed by atoms with Gasteiger partial charge in [-0.1, -0.05) is 12.1 Å². The molecule has 0 aliphatic carbocycles. The van der Waals surface area contributed by atoms with Crippen molar-refractivity contribution >= 4 is 29.0 Å². The Hall–Kier alpha value is -3.31. The van der Waals surface area contributed by atoms with Crippen LogP contribution in [0.5, 0.6) is 0 Å². The minimum Gasteiger partial charge on any atom is -0.465 e. The van der Waals surface area contributed by atoms with Crippen LogP contribution < -0.4 is 9.80 Å². The first kappa shape index (κ1) is 23.0. The predicted molar refractivity (Wildman–Crippen MR) is 110 cm³/mol. The van der Waals surface area contributed by atoms with Gasteiger partial charge < -0.3 is 24.0 Å². The van der Waals surface area contributed by atoms with E-state index in [1.54, 1.807) is 50.4 Å². The molecule has 11 nitrogen and oxygen atoms in total. The van der Waals surface area contributed by atoms with Crippen LogP contribution in [0.4, 0.5) is 23.0 Å².